The van der Waals surface area contributed by atoms with E-state index in [9.17, 15) is 13.6 Å². The fourth-order valence-corrected chi connectivity index (χ4v) is 1.21. The summed E-state index contributed by atoms with van der Waals surface area (Å²) in [6.45, 7) is 0. The number of pyridine rings is 2. The van der Waals surface area contributed by atoms with E-state index >= 15 is 0 Å². The molecule has 0 fully saturated rings. The Balaban J connectivity index is 2.37. The summed E-state index contributed by atoms with van der Waals surface area (Å²) in [6, 6.07) is 3.29. The average molecular weight is 252 g/mol. The molecule has 0 aliphatic heterocycles. The Morgan fingerprint density at radius 3 is 2.78 bits per heavy atom. The van der Waals surface area contributed by atoms with E-state index in [1.54, 1.807) is 0 Å². The number of carbonyl (C=O) groups is 1. The fraction of sp³-hybridized carbons (Fsp3) is 0. The summed E-state index contributed by atoms with van der Waals surface area (Å²) in [5.74, 6) is -3.91. The van der Waals surface area contributed by atoms with Crippen LogP contribution in [0.4, 0.5) is 8.78 Å². The number of rotatable bonds is 3. The van der Waals surface area contributed by atoms with Gasteiger partial charge in [0.2, 0.25) is 0 Å². The third kappa shape index (κ3) is 2.40. The van der Waals surface area contributed by atoms with E-state index < -0.39 is 23.5 Å². The van der Waals surface area contributed by atoms with E-state index in [0.29, 0.717) is 6.07 Å². The maximum Gasteiger partial charge on any atom is 0.358 e. The standard InChI is InChI=1S/C11H6F2N2O3/c12-6-4-7(13)10(15-5-6)18-8-2-1-3-14-9(8)11(16)17/h1-5H,(H,16,17). The van der Waals surface area contributed by atoms with Gasteiger partial charge in [-0.15, -0.1) is 0 Å². The first-order valence-electron chi connectivity index (χ1n) is 4.75. The fourth-order valence-electron chi connectivity index (χ4n) is 1.21. The zero-order valence-electron chi connectivity index (χ0n) is 8.80. The zero-order valence-corrected chi connectivity index (χ0v) is 8.80. The van der Waals surface area contributed by atoms with Gasteiger partial charge >= 0.3 is 5.97 Å². The van der Waals surface area contributed by atoms with Crippen molar-refractivity contribution in [2.45, 2.75) is 0 Å². The van der Waals surface area contributed by atoms with Crippen molar-refractivity contribution < 1.29 is 23.4 Å². The van der Waals surface area contributed by atoms with Crippen LogP contribution in [-0.4, -0.2) is 21.0 Å². The highest BCUT2D eigenvalue weighted by molar-refractivity contribution is 5.88. The summed E-state index contributed by atoms with van der Waals surface area (Å²) >= 11 is 0. The van der Waals surface area contributed by atoms with Crippen LogP contribution in [0.5, 0.6) is 11.6 Å². The molecule has 0 aromatic carbocycles. The Kier molecular flexibility index (Phi) is 3.13. The monoisotopic (exact) mass is 252 g/mol. The van der Waals surface area contributed by atoms with Gasteiger partial charge in [-0.2, -0.15) is 0 Å². The van der Waals surface area contributed by atoms with Gasteiger partial charge in [-0.1, -0.05) is 0 Å². The van der Waals surface area contributed by atoms with E-state index in [2.05, 4.69) is 9.97 Å². The second-order valence-corrected chi connectivity index (χ2v) is 3.20. The van der Waals surface area contributed by atoms with Crippen LogP contribution in [0.1, 0.15) is 10.5 Å². The number of carboxylic acid groups (broad SMARTS) is 1. The molecule has 0 saturated carbocycles. The van der Waals surface area contributed by atoms with Crippen molar-refractivity contribution in [2.75, 3.05) is 0 Å². The van der Waals surface area contributed by atoms with Gasteiger partial charge in [0.05, 0.1) is 6.20 Å². The molecule has 2 heterocycles. The van der Waals surface area contributed by atoms with Crippen molar-refractivity contribution in [2.24, 2.45) is 0 Å². The van der Waals surface area contributed by atoms with E-state index in [1.807, 2.05) is 0 Å². The molecule has 2 rings (SSSR count). The second kappa shape index (κ2) is 4.74. The molecule has 7 heteroatoms. The SMILES string of the molecule is O=C(O)c1ncccc1Oc1ncc(F)cc1F. The molecule has 0 bridgehead atoms. The van der Waals surface area contributed by atoms with Crippen LogP contribution in [-0.2, 0) is 0 Å². The normalized spacial score (nSPS) is 10.1. The largest absolute Gasteiger partial charge is 0.476 e. The minimum atomic E-state index is -1.33. The lowest BCUT2D eigenvalue weighted by Gasteiger charge is -2.07. The summed E-state index contributed by atoms with van der Waals surface area (Å²) in [5, 5.41) is 8.84. The molecule has 0 aliphatic rings. The molecule has 0 atom stereocenters. The van der Waals surface area contributed by atoms with Crippen molar-refractivity contribution in [3.05, 3.63) is 47.9 Å². The Hall–Kier alpha value is -2.57. The molecule has 1 N–H and O–H groups in total. The predicted octanol–water partition coefficient (Wildman–Crippen LogP) is 2.25. The van der Waals surface area contributed by atoms with Crippen molar-refractivity contribution in [3.8, 4) is 11.6 Å². The summed E-state index contributed by atoms with van der Waals surface area (Å²) in [4.78, 5) is 17.8. The van der Waals surface area contributed by atoms with Gasteiger partial charge in [-0.05, 0) is 12.1 Å². The molecule has 0 spiro atoms. The molecule has 5 nitrogen and oxygen atoms in total. The van der Waals surface area contributed by atoms with Crippen LogP contribution in [0.3, 0.4) is 0 Å². The molecular formula is C11H6F2N2O3. The zero-order chi connectivity index (χ0) is 13.1. The quantitative estimate of drug-likeness (QED) is 0.906. The number of hydrogen-bond donors (Lipinski definition) is 1. The first-order valence-corrected chi connectivity index (χ1v) is 4.75. The van der Waals surface area contributed by atoms with Gasteiger partial charge in [0.1, 0.15) is 5.82 Å². The van der Waals surface area contributed by atoms with Gasteiger partial charge in [0.25, 0.3) is 5.88 Å². The predicted molar refractivity (Wildman–Crippen MR) is 55.4 cm³/mol. The van der Waals surface area contributed by atoms with Crippen molar-refractivity contribution >= 4 is 5.97 Å². The third-order valence-electron chi connectivity index (χ3n) is 1.95. The molecule has 18 heavy (non-hydrogen) atoms. The Bertz CT molecular complexity index is 605. The van der Waals surface area contributed by atoms with E-state index in [1.165, 1.54) is 18.3 Å². The summed E-state index contributed by atoms with van der Waals surface area (Å²) < 4.78 is 30.9. The maximum atomic E-state index is 13.3. The smallest absolute Gasteiger partial charge is 0.358 e. The Morgan fingerprint density at radius 2 is 2.11 bits per heavy atom. The van der Waals surface area contributed by atoms with E-state index in [0.717, 1.165) is 6.20 Å². The van der Waals surface area contributed by atoms with Gasteiger partial charge in [-0.3, -0.25) is 0 Å². The van der Waals surface area contributed by atoms with Crippen LogP contribution >= 0.6 is 0 Å². The number of hydrogen-bond acceptors (Lipinski definition) is 4. The summed E-state index contributed by atoms with van der Waals surface area (Å²) in [6.07, 6.45) is 2.01. The van der Waals surface area contributed by atoms with E-state index in [-0.39, 0.29) is 11.4 Å². The minimum Gasteiger partial charge on any atom is -0.476 e. The van der Waals surface area contributed by atoms with Crippen LogP contribution in [0.25, 0.3) is 0 Å². The van der Waals surface area contributed by atoms with Crippen LogP contribution in [0.2, 0.25) is 0 Å². The van der Waals surface area contributed by atoms with Gasteiger partial charge in [0.15, 0.2) is 17.3 Å². The summed E-state index contributed by atoms with van der Waals surface area (Å²) in [7, 11) is 0. The molecular weight excluding hydrogens is 246 g/mol. The number of aromatic carboxylic acids is 1. The molecule has 0 saturated heterocycles. The molecule has 92 valence electrons. The molecule has 0 radical (unpaired) electrons. The third-order valence-corrected chi connectivity index (χ3v) is 1.95. The molecule has 2 aromatic heterocycles. The average Bonchev–Trinajstić information content (AvgIpc) is 2.33. The van der Waals surface area contributed by atoms with Gasteiger partial charge in [-0.25, -0.2) is 23.5 Å². The van der Waals surface area contributed by atoms with Gasteiger partial charge in [0, 0.05) is 12.3 Å². The highest BCUT2D eigenvalue weighted by atomic mass is 19.1. The minimum absolute atomic E-state index is 0.178. The van der Waals surface area contributed by atoms with Gasteiger partial charge < -0.3 is 9.84 Å². The Morgan fingerprint density at radius 1 is 1.33 bits per heavy atom. The van der Waals surface area contributed by atoms with Crippen molar-refractivity contribution in [1.82, 2.24) is 9.97 Å². The second-order valence-electron chi connectivity index (χ2n) is 3.20. The molecule has 0 aliphatic carbocycles. The lowest BCUT2D eigenvalue weighted by atomic mass is 10.3. The number of carboxylic acids is 1. The number of ether oxygens (including phenoxy) is 1. The molecule has 0 unspecified atom stereocenters. The number of halogens is 2. The van der Waals surface area contributed by atoms with Crippen LogP contribution < -0.4 is 4.74 Å². The first kappa shape index (κ1) is 11.9. The lowest BCUT2D eigenvalue weighted by Crippen LogP contribution is -2.04. The van der Waals surface area contributed by atoms with E-state index in [4.69, 9.17) is 9.84 Å². The topological polar surface area (TPSA) is 72.3 Å². The molecule has 0 amide bonds. The lowest BCUT2D eigenvalue weighted by molar-refractivity contribution is 0.0687. The van der Waals surface area contributed by atoms with Crippen LogP contribution in [0, 0.1) is 11.6 Å². The van der Waals surface area contributed by atoms with Crippen molar-refractivity contribution in [1.29, 1.82) is 0 Å². The molecule has 2 aromatic rings. The highest BCUT2D eigenvalue weighted by Gasteiger charge is 2.15. The number of aromatic nitrogens is 2. The maximum absolute atomic E-state index is 13.3. The first-order chi connectivity index (χ1) is 8.58. The van der Waals surface area contributed by atoms with Crippen LogP contribution in [0.15, 0.2) is 30.6 Å². The van der Waals surface area contributed by atoms with Crippen molar-refractivity contribution in [3.63, 3.8) is 0 Å². The Labute approximate surface area is 99.7 Å². The summed E-state index contributed by atoms with van der Waals surface area (Å²) in [5.41, 5.74) is -0.386. The number of nitrogens with zero attached hydrogens (tertiary/aromatic N) is 2. The highest BCUT2D eigenvalue weighted by Crippen LogP contribution is 2.24.